The minimum absolute atomic E-state index is 0.120. The molecule has 1 saturated heterocycles. The average Bonchev–Trinajstić information content (AvgIpc) is 2.66. The van der Waals surface area contributed by atoms with Crippen LogP contribution in [-0.4, -0.2) is 26.6 Å². The summed E-state index contributed by atoms with van der Waals surface area (Å²) in [6.45, 7) is 8.75. The lowest BCUT2D eigenvalue weighted by molar-refractivity contribution is 0.0925. The lowest BCUT2D eigenvalue weighted by Gasteiger charge is -2.29. The van der Waals surface area contributed by atoms with Crippen LogP contribution in [0.2, 0.25) is 0 Å². The second-order valence-corrected chi connectivity index (χ2v) is 10.2. The van der Waals surface area contributed by atoms with Gasteiger partial charge in [0.05, 0.1) is 17.5 Å². The van der Waals surface area contributed by atoms with E-state index < -0.39 is 10.0 Å². The summed E-state index contributed by atoms with van der Waals surface area (Å²) in [5.74, 6) is 0.178. The Morgan fingerprint density at radius 1 is 1.07 bits per heavy atom. The van der Waals surface area contributed by atoms with Gasteiger partial charge in [-0.15, -0.1) is 0 Å². The predicted octanol–water partition coefficient (Wildman–Crippen LogP) is 4.36. The van der Waals surface area contributed by atoms with Gasteiger partial charge in [-0.05, 0) is 61.9 Å². The van der Waals surface area contributed by atoms with Gasteiger partial charge in [0.25, 0.3) is 5.91 Å². The highest BCUT2D eigenvalue weighted by molar-refractivity contribution is 7.92. The Bertz CT molecular complexity index is 999. The summed E-state index contributed by atoms with van der Waals surface area (Å²) in [5, 5.41) is 3.15. The van der Waals surface area contributed by atoms with Crippen molar-refractivity contribution < 1.29 is 13.2 Å². The number of nitrogens with zero attached hydrogens (tertiary/aromatic N) is 1. The number of sulfonamides is 1. The molecule has 156 valence electrons. The standard InChI is InChI=1S/C23H30N2O3S/c1-16(2)22(21-11-10-17(3)14-18(21)4)24-23(26)19-8-7-9-20(15-19)25-12-5-6-13-29(25,27)28/h7-11,14-16,22H,5-6,12-13H2,1-4H3,(H,24,26)/t22-/m0/s1. The van der Waals surface area contributed by atoms with Crippen LogP contribution in [0.4, 0.5) is 5.69 Å². The fourth-order valence-electron chi connectivity index (χ4n) is 3.88. The van der Waals surface area contributed by atoms with E-state index in [-0.39, 0.29) is 23.6 Å². The average molecular weight is 415 g/mol. The fraction of sp³-hybridized carbons (Fsp3) is 0.435. The van der Waals surface area contributed by atoms with E-state index in [1.165, 1.54) is 9.87 Å². The normalized spacial score (nSPS) is 17.2. The van der Waals surface area contributed by atoms with Gasteiger partial charge in [0.2, 0.25) is 10.0 Å². The predicted molar refractivity (Wildman–Crippen MR) is 118 cm³/mol. The van der Waals surface area contributed by atoms with Crippen molar-refractivity contribution in [3.63, 3.8) is 0 Å². The van der Waals surface area contributed by atoms with Gasteiger partial charge in [-0.1, -0.05) is 43.7 Å². The summed E-state index contributed by atoms with van der Waals surface area (Å²) >= 11 is 0. The summed E-state index contributed by atoms with van der Waals surface area (Å²) in [7, 11) is -3.31. The lowest BCUT2D eigenvalue weighted by atomic mass is 9.91. The van der Waals surface area contributed by atoms with Gasteiger partial charge in [0.15, 0.2) is 0 Å². The molecule has 1 aliphatic heterocycles. The van der Waals surface area contributed by atoms with E-state index in [0.717, 1.165) is 17.5 Å². The molecule has 0 radical (unpaired) electrons. The first-order valence-electron chi connectivity index (χ1n) is 10.2. The van der Waals surface area contributed by atoms with Crippen LogP contribution in [0, 0.1) is 19.8 Å². The van der Waals surface area contributed by atoms with E-state index in [1.807, 2.05) is 0 Å². The van der Waals surface area contributed by atoms with Crippen molar-refractivity contribution in [1.29, 1.82) is 0 Å². The first-order chi connectivity index (χ1) is 13.7. The van der Waals surface area contributed by atoms with Crippen molar-refractivity contribution in [1.82, 2.24) is 5.32 Å². The third-order valence-electron chi connectivity index (χ3n) is 5.46. The van der Waals surface area contributed by atoms with Crippen molar-refractivity contribution in [2.45, 2.75) is 46.6 Å². The van der Waals surface area contributed by atoms with Crippen molar-refractivity contribution in [3.05, 3.63) is 64.7 Å². The Hall–Kier alpha value is -2.34. The number of amides is 1. The Labute approximate surface area is 174 Å². The Kier molecular flexibility index (Phi) is 6.32. The monoisotopic (exact) mass is 414 g/mol. The Morgan fingerprint density at radius 3 is 2.48 bits per heavy atom. The van der Waals surface area contributed by atoms with E-state index in [9.17, 15) is 13.2 Å². The molecular weight excluding hydrogens is 384 g/mol. The fourth-order valence-corrected chi connectivity index (χ4v) is 5.52. The zero-order chi connectivity index (χ0) is 21.2. The van der Waals surface area contributed by atoms with Gasteiger partial charge in [-0.25, -0.2) is 8.42 Å². The van der Waals surface area contributed by atoms with Crippen LogP contribution in [0.1, 0.15) is 59.8 Å². The number of aryl methyl sites for hydroxylation is 2. The highest BCUT2D eigenvalue weighted by atomic mass is 32.2. The molecule has 0 aliphatic carbocycles. The maximum atomic E-state index is 13.0. The molecule has 6 heteroatoms. The molecular formula is C23H30N2O3S. The molecule has 29 heavy (non-hydrogen) atoms. The van der Waals surface area contributed by atoms with Crippen molar-refractivity contribution in [2.75, 3.05) is 16.6 Å². The summed E-state index contributed by atoms with van der Waals surface area (Å²) in [5.41, 5.74) is 4.48. The molecule has 0 saturated carbocycles. The van der Waals surface area contributed by atoms with Gasteiger partial charge < -0.3 is 5.32 Å². The number of carbonyl (C=O) groups excluding carboxylic acids is 1. The second-order valence-electron chi connectivity index (χ2n) is 8.20. The maximum absolute atomic E-state index is 13.0. The molecule has 1 aliphatic rings. The largest absolute Gasteiger partial charge is 0.345 e. The number of hydrogen-bond acceptors (Lipinski definition) is 3. The molecule has 1 amide bonds. The van der Waals surface area contributed by atoms with Crippen LogP contribution < -0.4 is 9.62 Å². The first-order valence-corrected chi connectivity index (χ1v) is 11.8. The summed E-state index contributed by atoms with van der Waals surface area (Å²) in [6, 6.07) is 13.0. The quantitative estimate of drug-likeness (QED) is 0.790. The van der Waals surface area contributed by atoms with Crippen molar-refractivity contribution in [3.8, 4) is 0 Å². The zero-order valence-electron chi connectivity index (χ0n) is 17.6. The van der Waals surface area contributed by atoms with Crippen LogP contribution in [-0.2, 0) is 10.0 Å². The number of benzene rings is 2. The van der Waals surface area contributed by atoms with Gasteiger partial charge in [-0.3, -0.25) is 9.10 Å². The zero-order valence-corrected chi connectivity index (χ0v) is 18.4. The number of carbonyl (C=O) groups is 1. The number of nitrogens with one attached hydrogen (secondary N) is 1. The van der Waals surface area contributed by atoms with Crippen LogP contribution >= 0.6 is 0 Å². The van der Waals surface area contributed by atoms with E-state index >= 15 is 0 Å². The molecule has 0 bridgehead atoms. The number of rotatable bonds is 5. The molecule has 1 heterocycles. The number of anilines is 1. The molecule has 1 N–H and O–H groups in total. The minimum Gasteiger partial charge on any atom is -0.345 e. The highest BCUT2D eigenvalue weighted by Crippen LogP contribution is 2.27. The smallest absolute Gasteiger partial charge is 0.251 e. The van der Waals surface area contributed by atoms with Crippen LogP contribution in [0.5, 0.6) is 0 Å². The molecule has 0 unspecified atom stereocenters. The Morgan fingerprint density at radius 2 is 1.83 bits per heavy atom. The molecule has 2 aromatic rings. The molecule has 5 nitrogen and oxygen atoms in total. The summed E-state index contributed by atoms with van der Waals surface area (Å²) < 4.78 is 26.2. The topological polar surface area (TPSA) is 66.5 Å². The van der Waals surface area contributed by atoms with Crippen LogP contribution in [0.3, 0.4) is 0 Å². The summed E-state index contributed by atoms with van der Waals surface area (Å²) in [6.07, 6.45) is 1.52. The molecule has 1 fully saturated rings. The van der Waals surface area contributed by atoms with Crippen LogP contribution in [0.25, 0.3) is 0 Å². The van der Waals surface area contributed by atoms with Crippen molar-refractivity contribution in [2.24, 2.45) is 5.92 Å². The first kappa shape index (κ1) is 21.4. The third kappa shape index (κ3) is 4.81. The van der Waals surface area contributed by atoms with Crippen molar-refractivity contribution >= 4 is 21.6 Å². The lowest BCUT2D eigenvalue weighted by Crippen LogP contribution is -2.38. The van der Waals surface area contributed by atoms with Crippen LogP contribution in [0.15, 0.2) is 42.5 Å². The highest BCUT2D eigenvalue weighted by Gasteiger charge is 2.27. The van der Waals surface area contributed by atoms with Gasteiger partial charge in [0, 0.05) is 12.1 Å². The SMILES string of the molecule is Cc1ccc([C@@H](NC(=O)c2cccc(N3CCCCS3(=O)=O)c2)C(C)C)c(C)c1. The van der Waals surface area contributed by atoms with Gasteiger partial charge >= 0.3 is 0 Å². The molecule has 0 spiro atoms. The van der Waals surface area contributed by atoms with Gasteiger partial charge in [0.1, 0.15) is 0 Å². The molecule has 3 rings (SSSR count). The van der Waals surface area contributed by atoms with E-state index in [4.69, 9.17) is 0 Å². The summed E-state index contributed by atoms with van der Waals surface area (Å²) in [4.78, 5) is 13.0. The molecule has 2 aromatic carbocycles. The number of hydrogen-bond donors (Lipinski definition) is 1. The van der Waals surface area contributed by atoms with E-state index in [2.05, 4.69) is 51.2 Å². The maximum Gasteiger partial charge on any atom is 0.251 e. The van der Waals surface area contributed by atoms with E-state index in [0.29, 0.717) is 24.2 Å². The van der Waals surface area contributed by atoms with Gasteiger partial charge in [-0.2, -0.15) is 0 Å². The Balaban J connectivity index is 1.86. The van der Waals surface area contributed by atoms with E-state index in [1.54, 1.807) is 24.3 Å². The second kappa shape index (κ2) is 8.57. The molecule has 1 atom stereocenters. The molecule has 0 aromatic heterocycles. The third-order valence-corrected chi connectivity index (χ3v) is 7.33. The minimum atomic E-state index is -3.31.